The van der Waals surface area contributed by atoms with Crippen molar-refractivity contribution in [2.45, 2.75) is 33.7 Å². The highest BCUT2D eigenvalue weighted by atomic mass is 16.5. The summed E-state index contributed by atoms with van der Waals surface area (Å²) in [6, 6.07) is 9.47. The number of aryl methyl sites for hydroxylation is 3. The van der Waals surface area contributed by atoms with Gasteiger partial charge in [0.05, 0.1) is 20.3 Å². The van der Waals surface area contributed by atoms with Crippen LogP contribution < -0.4 is 14.8 Å². The van der Waals surface area contributed by atoms with Gasteiger partial charge in [-0.25, -0.2) is 0 Å². The second-order valence-corrected chi connectivity index (χ2v) is 6.03. The number of amides is 1. The van der Waals surface area contributed by atoms with Crippen molar-refractivity contribution < 1.29 is 14.3 Å². The second kappa shape index (κ2) is 7.39. The average Bonchev–Trinajstić information content (AvgIpc) is 2.56. The van der Waals surface area contributed by atoms with Gasteiger partial charge < -0.3 is 14.8 Å². The smallest absolute Gasteiger partial charge is 0.259 e. The van der Waals surface area contributed by atoms with Gasteiger partial charge in [-0.3, -0.25) is 4.79 Å². The molecule has 0 heterocycles. The van der Waals surface area contributed by atoms with Gasteiger partial charge >= 0.3 is 0 Å². The number of carbonyl (C=O) groups excluding carboxylic acids is 1. The summed E-state index contributed by atoms with van der Waals surface area (Å²) in [5.41, 5.74) is 5.15. The van der Waals surface area contributed by atoms with Crippen molar-refractivity contribution in [2.75, 3.05) is 14.2 Å². The molecule has 0 saturated heterocycles. The Bertz CT molecular complexity index is 731. The van der Waals surface area contributed by atoms with E-state index in [2.05, 4.69) is 38.2 Å². The molecule has 2 aromatic carbocycles. The third-order valence-corrected chi connectivity index (χ3v) is 4.35. The minimum absolute atomic E-state index is 0.119. The van der Waals surface area contributed by atoms with Crippen LogP contribution in [0.2, 0.25) is 0 Å². The molecule has 0 aromatic heterocycles. The minimum Gasteiger partial charge on any atom is -0.496 e. The molecule has 1 N–H and O–H groups in total. The van der Waals surface area contributed by atoms with Crippen LogP contribution in [0.25, 0.3) is 0 Å². The summed E-state index contributed by atoms with van der Waals surface area (Å²) in [7, 11) is 3.09. The molecule has 128 valence electrons. The molecule has 2 rings (SSSR count). The van der Waals surface area contributed by atoms with Crippen molar-refractivity contribution in [3.8, 4) is 11.5 Å². The average molecular weight is 327 g/mol. The molecule has 4 heteroatoms. The highest BCUT2D eigenvalue weighted by molar-refractivity contribution is 6.00. The van der Waals surface area contributed by atoms with Crippen molar-refractivity contribution in [1.29, 1.82) is 0 Å². The number of methoxy groups -OCH3 is 2. The highest BCUT2D eigenvalue weighted by Gasteiger charge is 2.21. The standard InChI is InChI=1S/C20H25NO3/c1-12-10-14(3)16(11-13(12)2)15(4)21-20(22)19-17(23-5)8-7-9-18(19)24-6/h7-11,15H,1-6H3,(H,21,22)/t15-/m0/s1. The first-order valence-electron chi connectivity index (χ1n) is 7.98. The number of benzene rings is 2. The number of hydrogen-bond donors (Lipinski definition) is 1. The van der Waals surface area contributed by atoms with Crippen molar-refractivity contribution in [3.05, 3.63) is 58.1 Å². The molecular formula is C20H25NO3. The van der Waals surface area contributed by atoms with Gasteiger partial charge in [0.15, 0.2) is 0 Å². The zero-order valence-corrected chi connectivity index (χ0v) is 15.2. The largest absolute Gasteiger partial charge is 0.496 e. The van der Waals surface area contributed by atoms with E-state index in [0.29, 0.717) is 17.1 Å². The van der Waals surface area contributed by atoms with Crippen molar-refractivity contribution in [3.63, 3.8) is 0 Å². The molecule has 0 saturated carbocycles. The van der Waals surface area contributed by atoms with Gasteiger partial charge in [-0.05, 0) is 62.1 Å². The predicted molar refractivity (Wildman–Crippen MR) is 96.1 cm³/mol. The summed E-state index contributed by atoms with van der Waals surface area (Å²) in [5, 5.41) is 3.05. The minimum atomic E-state index is -0.213. The lowest BCUT2D eigenvalue weighted by atomic mass is 9.96. The first-order valence-corrected chi connectivity index (χ1v) is 7.98. The summed E-state index contributed by atoms with van der Waals surface area (Å²) in [5.74, 6) is 0.779. The Labute approximate surface area is 143 Å². The normalized spacial score (nSPS) is 11.8. The third kappa shape index (κ3) is 3.53. The molecular weight excluding hydrogens is 302 g/mol. The predicted octanol–water partition coefficient (Wildman–Crippen LogP) is 4.12. The Hall–Kier alpha value is -2.49. The molecule has 0 unspecified atom stereocenters. The van der Waals surface area contributed by atoms with Crippen LogP contribution in [-0.2, 0) is 0 Å². The lowest BCUT2D eigenvalue weighted by Crippen LogP contribution is -2.28. The summed E-state index contributed by atoms with van der Waals surface area (Å²) < 4.78 is 10.6. The Kier molecular flexibility index (Phi) is 5.50. The van der Waals surface area contributed by atoms with Gasteiger partial charge in [0.25, 0.3) is 5.91 Å². The van der Waals surface area contributed by atoms with Gasteiger partial charge in [-0.2, -0.15) is 0 Å². The summed E-state index contributed by atoms with van der Waals surface area (Å²) >= 11 is 0. The maximum Gasteiger partial charge on any atom is 0.259 e. The van der Waals surface area contributed by atoms with Gasteiger partial charge in [0, 0.05) is 0 Å². The van der Waals surface area contributed by atoms with Crippen LogP contribution in [0.15, 0.2) is 30.3 Å². The molecule has 0 aliphatic rings. The van der Waals surface area contributed by atoms with E-state index in [1.807, 2.05) is 6.92 Å². The van der Waals surface area contributed by atoms with Gasteiger partial charge in [-0.1, -0.05) is 18.2 Å². The first kappa shape index (κ1) is 17.9. The molecule has 0 spiro atoms. The number of ether oxygens (including phenoxy) is 2. The fourth-order valence-corrected chi connectivity index (χ4v) is 2.87. The number of nitrogens with one attached hydrogen (secondary N) is 1. The van der Waals surface area contributed by atoms with Gasteiger partial charge in [0.2, 0.25) is 0 Å². The van der Waals surface area contributed by atoms with E-state index >= 15 is 0 Å². The Morgan fingerprint density at radius 1 is 0.958 bits per heavy atom. The molecule has 2 aromatic rings. The fraction of sp³-hybridized carbons (Fsp3) is 0.350. The van der Waals surface area contributed by atoms with E-state index in [9.17, 15) is 4.79 Å². The van der Waals surface area contributed by atoms with Crippen LogP contribution >= 0.6 is 0 Å². The van der Waals surface area contributed by atoms with E-state index < -0.39 is 0 Å². The quantitative estimate of drug-likeness (QED) is 0.898. The Morgan fingerprint density at radius 2 is 1.50 bits per heavy atom. The van der Waals surface area contributed by atoms with E-state index in [-0.39, 0.29) is 11.9 Å². The van der Waals surface area contributed by atoms with Crippen LogP contribution in [0.3, 0.4) is 0 Å². The van der Waals surface area contributed by atoms with Crippen molar-refractivity contribution >= 4 is 5.91 Å². The molecule has 0 aliphatic carbocycles. The lowest BCUT2D eigenvalue weighted by molar-refractivity contribution is 0.0933. The van der Waals surface area contributed by atoms with E-state index in [4.69, 9.17) is 9.47 Å². The third-order valence-electron chi connectivity index (χ3n) is 4.35. The molecule has 0 bridgehead atoms. The topological polar surface area (TPSA) is 47.6 Å². The molecule has 0 fully saturated rings. The Balaban J connectivity index is 2.32. The molecule has 1 amide bonds. The second-order valence-electron chi connectivity index (χ2n) is 6.03. The van der Waals surface area contributed by atoms with E-state index in [1.165, 1.54) is 11.1 Å². The number of rotatable bonds is 5. The first-order chi connectivity index (χ1) is 11.4. The van der Waals surface area contributed by atoms with Crippen molar-refractivity contribution in [1.82, 2.24) is 5.32 Å². The van der Waals surface area contributed by atoms with Gasteiger partial charge in [0.1, 0.15) is 17.1 Å². The van der Waals surface area contributed by atoms with Crippen molar-refractivity contribution in [2.24, 2.45) is 0 Å². The lowest BCUT2D eigenvalue weighted by Gasteiger charge is -2.20. The molecule has 0 aliphatic heterocycles. The number of carbonyl (C=O) groups is 1. The van der Waals surface area contributed by atoms with Crippen LogP contribution in [-0.4, -0.2) is 20.1 Å². The maximum atomic E-state index is 12.8. The zero-order chi connectivity index (χ0) is 17.9. The maximum absolute atomic E-state index is 12.8. The zero-order valence-electron chi connectivity index (χ0n) is 15.2. The molecule has 1 atom stereocenters. The van der Waals surface area contributed by atoms with E-state index in [1.54, 1.807) is 32.4 Å². The van der Waals surface area contributed by atoms with E-state index in [0.717, 1.165) is 11.1 Å². The molecule has 24 heavy (non-hydrogen) atoms. The molecule has 0 radical (unpaired) electrons. The SMILES string of the molecule is COc1cccc(OC)c1C(=O)N[C@@H](C)c1cc(C)c(C)cc1C. The van der Waals surface area contributed by atoms with Crippen LogP contribution in [0, 0.1) is 20.8 Å². The number of hydrogen-bond acceptors (Lipinski definition) is 3. The monoisotopic (exact) mass is 327 g/mol. The summed E-state index contributed by atoms with van der Waals surface area (Å²) in [4.78, 5) is 12.8. The Morgan fingerprint density at radius 3 is 2.04 bits per heavy atom. The summed E-state index contributed by atoms with van der Waals surface area (Å²) in [6.07, 6.45) is 0. The fourth-order valence-electron chi connectivity index (χ4n) is 2.87. The summed E-state index contributed by atoms with van der Waals surface area (Å²) in [6.45, 7) is 8.22. The molecule has 4 nitrogen and oxygen atoms in total. The van der Waals surface area contributed by atoms with Crippen LogP contribution in [0.4, 0.5) is 0 Å². The van der Waals surface area contributed by atoms with Gasteiger partial charge in [-0.15, -0.1) is 0 Å². The highest BCUT2D eigenvalue weighted by Crippen LogP contribution is 2.29. The van der Waals surface area contributed by atoms with Crippen LogP contribution in [0.1, 0.15) is 45.6 Å². The van der Waals surface area contributed by atoms with Crippen LogP contribution in [0.5, 0.6) is 11.5 Å².